The molecule has 2 aromatic rings. The van der Waals surface area contributed by atoms with Crippen LogP contribution in [0.2, 0.25) is 0 Å². The van der Waals surface area contributed by atoms with Crippen LogP contribution >= 0.6 is 0 Å². The molecule has 1 aliphatic heterocycles. The van der Waals surface area contributed by atoms with Crippen molar-refractivity contribution in [3.05, 3.63) is 64.7 Å². The van der Waals surface area contributed by atoms with E-state index in [2.05, 4.69) is 35.4 Å². The van der Waals surface area contributed by atoms with E-state index in [0.29, 0.717) is 18.8 Å². The van der Waals surface area contributed by atoms with Crippen LogP contribution in [0.4, 0.5) is 4.39 Å². The molecule has 110 valence electrons. The van der Waals surface area contributed by atoms with Gasteiger partial charge in [0.2, 0.25) is 0 Å². The van der Waals surface area contributed by atoms with Crippen LogP contribution in [0.3, 0.4) is 0 Å². The molecule has 1 aliphatic rings. The third-order valence-corrected chi connectivity index (χ3v) is 3.79. The fraction of sp³-hybridized carbons (Fsp3) is 0.353. The van der Waals surface area contributed by atoms with Gasteiger partial charge in [-0.3, -0.25) is 4.98 Å². The predicted octanol–water partition coefficient (Wildman–Crippen LogP) is 3.34. The molecule has 0 saturated heterocycles. The van der Waals surface area contributed by atoms with Crippen molar-refractivity contribution >= 4 is 0 Å². The van der Waals surface area contributed by atoms with Crippen molar-refractivity contribution in [1.82, 2.24) is 10.3 Å². The highest BCUT2D eigenvalue weighted by Gasteiger charge is 2.20. The van der Waals surface area contributed by atoms with E-state index in [4.69, 9.17) is 4.74 Å². The number of pyridine rings is 1. The van der Waals surface area contributed by atoms with Gasteiger partial charge in [0, 0.05) is 11.8 Å². The van der Waals surface area contributed by atoms with Gasteiger partial charge in [-0.05, 0) is 35.7 Å². The summed E-state index contributed by atoms with van der Waals surface area (Å²) in [7, 11) is 0. The quantitative estimate of drug-likeness (QED) is 0.915. The van der Waals surface area contributed by atoms with E-state index in [1.807, 2.05) is 0 Å². The molecule has 21 heavy (non-hydrogen) atoms. The average Bonchev–Trinajstić information content (AvgIpc) is 2.97. The zero-order valence-corrected chi connectivity index (χ0v) is 12.1. The van der Waals surface area contributed by atoms with Crippen molar-refractivity contribution in [2.24, 2.45) is 0 Å². The molecule has 3 nitrogen and oxygen atoms in total. The molecule has 0 fully saturated rings. The van der Waals surface area contributed by atoms with Crippen molar-refractivity contribution in [2.45, 2.75) is 32.6 Å². The van der Waals surface area contributed by atoms with Crippen molar-refractivity contribution in [3.8, 4) is 0 Å². The molecular formula is C17H19FN2O. The fourth-order valence-corrected chi connectivity index (χ4v) is 2.69. The van der Waals surface area contributed by atoms with Crippen LogP contribution in [0.25, 0.3) is 0 Å². The van der Waals surface area contributed by atoms with Gasteiger partial charge in [-0.1, -0.05) is 25.1 Å². The number of nitrogens with one attached hydrogen (secondary N) is 1. The van der Waals surface area contributed by atoms with Gasteiger partial charge in [-0.25, -0.2) is 4.39 Å². The topological polar surface area (TPSA) is 34.1 Å². The number of aromatic nitrogens is 1. The number of fused-ring (bicyclic) bond motifs is 1. The standard InChI is InChI=1S/C17H19FN2O/c1-2-6-20-17(15-5-7-19-9-16(15)18)12-3-4-13-10-21-11-14(13)8-12/h3-5,7-9,17,20H,2,6,10-11H2,1H3. The smallest absolute Gasteiger partial charge is 0.146 e. The molecule has 1 aromatic carbocycles. The molecule has 0 amide bonds. The number of hydrogen-bond donors (Lipinski definition) is 1. The normalized spacial score (nSPS) is 15.0. The minimum Gasteiger partial charge on any atom is -0.372 e. The summed E-state index contributed by atoms with van der Waals surface area (Å²) in [5, 5.41) is 3.43. The first-order valence-electron chi connectivity index (χ1n) is 7.32. The minimum absolute atomic E-state index is 0.154. The second-order valence-electron chi connectivity index (χ2n) is 5.31. The Balaban J connectivity index is 1.97. The Morgan fingerprint density at radius 2 is 2.14 bits per heavy atom. The van der Waals surface area contributed by atoms with Gasteiger partial charge in [-0.2, -0.15) is 0 Å². The van der Waals surface area contributed by atoms with Gasteiger partial charge in [0.15, 0.2) is 0 Å². The molecule has 1 aromatic heterocycles. The van der Waals surface area contributed by atoms with Crippen LogP contribution in [-0.2, 0) is 18.0 Å². The highest BCUT2D eigenvalue weighted by atomic mass is 19.1. The Morgan fingerprint density at radius 1 is 1.29 bits per heavy atom. The molecule has 0 aliphatic carbocycles. The van der Waals surface area contributed by atoms with Crippen LogP contribution in [-0.4, -0.2) is 11.5 Å². The van der Waals surface area contributed by atoms with Crippen LogP contribution in [0.1, 0.15) is 41.6 Å². The number of hydrogen-bond acceptors (Lipinski definition) is 3. The number of ether oxygens (including phenoxy) is 1. The first-order chi connectivity index (χ1) is 10.3. The molecule has 3 rings (SSSR count). The molecular weight excluding hydrogens is 267 g/mol. The second-order valence-corrected chi connectivity index (χ2v) is 5.31. The first kappa shape index (κ1) is 14.2. The Kier molecular flexibility index (Phi) is 4.27. The Hall–Kier alpha value is -1.78. The van der Waals surface area contributed by atoms with Gasteiger partial charge in [0.05, 0.1) is 25.5 Å². The molecule has 1 N–H and O–H groups in total. The van der Waals surface area contributed by atoms with Crippen LogP contribution < -0.4 is 5.32 Å². The largest absolute Gasteiger partial charge is 0.372 e. The summed E-state index contributed by atoms with van der Waals surface area (Å²) in [6, 6.07) is 7.85. The van der Waals surface area contributed by atoms with Crippen molar-refractivity contribution < 1.29 is 9.13 Å². The number of halogens is 1. The average molecular weight is 286 g/mol. The number of benzene rings is 1. The third-order valence-electron chi connectivity index (χ3n) is 3.79. The zero-order valence-electron chi connectivity index (χ0n) is 12.1. The summed E-state index contributed by atoms with van der Waals surface area (Å²) >= 11 is 0. The first-order valence-corrected chi connectivity index (χ1v) is 7.32. The minimum atomic E-state index is -0.275. The lowest BCUT2D eigenvalue weighted by Gasteiger charge is -2.20. The summed E-state index contributed by atoms with van der Waals surface area (Å²) in [6.07, 6.45) is 3.90. The van der Waals surface area contributed by atoms with Gasteiger partial charge in [0.25, 0.3) is 0 Å². The Morgan fingerprint density at radius 3 is 2.95 bits per heavy atom. The maximum Gasteiger partial charge on any atom is 0.146 e. The number of nitrogens with zero attached hydrogens (tertiary/aromatic N) is 1. The second kappa shape index (κ2) is 6.33. The zero-order chi connectivity index (χ0) is 14.7. The lowest BCUT2D eigenvalue weighted by molar-refractivity contribution is 0.134. The van der Waals surface area contributed by atoms with Gasteiger partial charge in [0.1, 0.15) is 5.82 Å². The molecule has 1 atom stereocenters. The molecule has 1 unspecified atom stereocenters. The lowest BCUT2D eigenvalue weighted by atomic mass is 9.96. The molecule has 0 saturated carbocycles. The number of rotatable bonds is 5. The lowest BCUT2D eigenvalue weighted by Crippen LogP contribution is -2.24. The van der Waals surface area contributed by atoms with Gasteiger partial charge >= 0.3 is 0 Å². The highest BCUT2D eigenvalue weighted by molar-refractivity contribution is 5.38. The van der Waals surface area contributed by atoms with E-state index in [-0.39, 0.29) is 11.9 Å². The SMILES string of the molecule is CCCNC(c1ccc2c(c1)COC2)c1ccncc1F. The third kappa shape index (κ3) is 2.96. The van der Waals surface area contributed by atoms with Crippen molar-refractivity contribution in [1.29, 1.82) is 0 Å². The van der Waals surface area contributed by atoms with E-state index in [1.54, 1.807) is 12.3 Å². The van der Waals surface area contributed by atoms with Gasteiger partial charge < -0.3 is 10.1 Å². The van der Waals surface area contributed by atoms with Crippen LogP contribution in [0.15, 0.2) is 36.7 Å². The van der Waals surface area contributed by atoms with Crippen LogP contribution in [0, 0.1) is 5.82 Å². The van der Waals surface area contributed by atoms with E-state index in [1.165, 1.54) is 17.3 Å². The summed E-state index contributed by atoms with van der Waals surface area (Å²) in [5.41, 5.74) is 4.13. The molecule has 0 radical (unpaired) electrons. The maximum absolute atomic E-state index is 14.1. The molecule has 0 spiro atoms. The monoisotopic (exact) mass is 286 g/mol. The van der Waals surface area contributed by atoms with Gasteiger partial charge in [-0.15, -0.1) is 0 Å². The summed E-state index contributed by atoms with van der Waals surface area (Å²) in [4.78, 5) is 3.84. The van der Waals surface area contributed by atoms with E-state index in [0.717, 1.165) is 18.5 Å². The predicted molar refractivity (Wildman–Crippen MR) is 79.3 cm³/mol. The highest BCUT2D eigenvalue weighted by Crippen LogP contribution is 2.28. The van der Waals surface area contributed by atoms with Crippen molar-refractivity contribution in [2.75, 3.05) is 6.54 Å². The summed E-state index contributed by atoms with van der Waals surface area (Å²) < 4.78 is 19.6. The Labute approximate surface area is 124 Å². The fourth-order valence-electron chi connectivity index (χ4n) is 2.69. The van der Waals surface area contributed by atoms with E-state index < -0.39 is 0 Å². The summed E-state index contributed by atoms with van der Waals surface area (Å²) in [6.45, 7) is 4.25. The van der Waals surface area contributed by atoms with E-state index in [9.17, 15) is 4.39 Å². The van der Waals surface area contributed by atoms with Crippen LogP contribution in [0.5, 0.6) is 0 Å². The molecule has 0 bridgehead atoms. The maximum atomic E-state index is 14.1. The molecule has 4 heteroatoms. The summed E-state index contributed by atoms with van der Waals surface area (Å²) in [5.74, 6) is -0.275. The Bertz CT molecular complexity index is 630. The van der Waals surface area contributed by atoms with E-state index >= 15 is 0 Å². The van der Waals surface area contributed by atoms with Crippen molar-refractivity contribution in [3.63, 3.8) is 0 Å². The molecule has 2 heterocycles.